The second-order valence-electron chi connectivity index (χ2n) is 12.2. The third-order valence-corrected chi connectivity index (χ3v) is 8.05. The van der Waals surface area contributed by atoms with E-state index in [-0.39, 0.29) is 30.1 Å². The number of pyridine rings is 1. The number of fused-ring (bicyclic) bond motifs is 1. The maximum absolute atomic E-state index is 13.2. The van der Waals surface area contributed by atoms with Crippen molar-refractivity contribution in [3.05, 3.63) is 54.9 Å². The van der Waals surface area contributed by atoms with Gasteiger partial charge in [-0.05, 0) is 107 Å². The highest BCUT2D eigenvalue weighted by molar-refractivity contribution is 9.10. The van der Waals surface area contributed by atoms with Crippen LogP contribution in [-0.2, 0) is 11.3 Å². The Labute approximate surface area is 243 Å². The Hall–Kier alpha value is -3.01. The molecule has 2 amide bonds. The molecule has 9 nitrogen and oxygen atoms in total. The molecule has 1 fully saturated rings. The summed E-state index contributed by atoms with van der Waals surface area (Å²) in [5.41, 5.74) is 2.55. The lowest BCUT2D eigenvalue weighted by Crippen LogP contribution is -2.42. The van der Waals surface area contributed by atoms with Crippen LogP contribution in [0.3, 0.4) is 0 Å². The summed E-state index contributed by atoms with van der Waals surface area (Å²) in [6.07, 6.45) is 3.91. The van der Waals surface area contributed by atoms with Gasteiger partial charge in [0.05, 0.1) is 4.47 Å². The number of nitrogens with one attached hydrogen (secondary N) is 3. The highest BCUT2D eigenvalue weighted by Gasteiger charge is 2.42. The highest BCUT2D eigenvalue weighted by Crippen LogP contribution is 2.50. The fourth-order valence-electron chi connectivity index (χ4n) is 5.57. The molecule has 1 aromatic heterocycles. The van der Waals surface area contributed by atoms with Crippen LogP contribution in [0.25, 0.3) is 0 Å². The zero-order chi connectivity index (χ0) is 29.4. The molecule has 1 aromatic carbocycles. The molecule has 0 saturated heterocycles. The van der Waals surface area contributed by atoms with E-state index in [1.165, 1.54) is 0 Å². The van der Waals surface area contributed by atoms with Gasteiger partial charge in [-0.2, -0.15) is 0 Å². The second-order valence-corrected chi connectivity index (χ2v) is 13.1. The summed E-state index contributed by atoms with van der Waals surface area (Å²) in [5.74, 6) is 0.337. The van der Waals surface area contributed by atoms with Crippen LogP contribution in [0.1, 0.15) is 92.5 Å². The molecule has 4 rings (SSSR count). The van der Waals surface area contributed by atoms with Gasteiger partial charge in [0.2, 0.25) is 5.79 Å². The van der Waals surface area contributed by atoms with Crippen molar-refractivity contribution in [3.63, 3.8) is 0 Å². The lowest BCUT2D eigenvalue weighted by molar-refractivity contribution is -0.0836. The first-order valence-electron chi connectivity index (χ1n) is 13.8. The van der Waals surface area contributed by atoms with Crippen LogP contribution in [0.15, 0.2) is 21.4 Å². The summed E-state index contributed by atoms with van der Waals surface area (Å²) >= 11 is 3.56. The molecule has 0 bridgehead atoms. The first-order valence-corrected chi connectivity index (χ1v) is 14.6. The lowest BCUT2D eigenvalue weighted by atomic mass is 9.82. The molecule has 10 heteroatoms. The van der Waals surface area contributed by atoms with E-state index in [0.29, 0.717) is 45.0 Å². The molecular weight excluding hydrogens is 578 g/mol. The summed E-state index contributed by atoms with van der Waals surface area (Å²) in [7, 11) is 0. The van der Waals surface area contributed by atoms with E-state index in [1.54, 1.807) is 6.07 Å². The van der Waals surface area contributed by atoms with Gasteiger partial charge in [-0.15, -0.1) is 0 Å². The van der Waals surface area contributed by atoms with E-state index in [2.05, 4.69) is 31.5 Å². The number of ether oxygens (including phenoxy) is 3. The molecule has 40 heavy (non-hydrogen) atoms. The Morgan fingerprint density at radius 3 is 2.38 bits per heavy atom. The van der Waals surface area contributed by atoms with Crippen molar-refractivity contribution in [2.45, 2.75) is 105 Å². The Morgan fingerprint density at radius 2 is 1.75 bits per heavy atom. The minimum absolute atomic E-state index is 0.0956. The van der Waals surface area contributed by atoms with Crippen molar-refractivity contribution in [1.82, 2.24) is 15.6 Å². The Morgan fingerprint density at radius 1 is 1.10 bits per heavy atom. The van der Waals surface area contributed by atoms with E-state index < -0.39 is 11.4 Å². The van der Waals surface area contributed by atoms with Crippen molar-refractivity contribution >= 4 is 27.9 Å². The number of benzene rings is 1. The summed E-state index contributed by atoms with van der Waals surface area (Å²) in [4.78, 5) is 40.4. The molecular formula is C30H40BrN3O6. The molecule has 0 spiro atoms. The van der Waals surface area contributed by atoms with Crippen molar-refractivity contribution in [3.8, 4) is 11.5 Å². The number of aromatic nitrogens is 1. The molecule has 2 aromatic rings. The van der Waals surface area contributed by atoms with E-state index in [1.807, 2.05) is 54.5 Å². The molecule has 1 aliphatic carbocycles. The molecule has 2 aliphatic rings. The molecule has 2 heterocycles. The molecule has 218 valence electrons. The minimum Gasteiger partial charge on any atom is -0.448 e. The van der Waals surface area contributed by atoms with Gasteiger partial charge in [0.15, 0.2) is 11.5 Å². The van der Waals surface area contributed by atoms with Crippen LogP contribution in [0, 0.1) is 26.7 Å². The van der Waals surface area contributed by atoms with Crippen LogP contribution in [0.4, 0.5) is 4.79 Å². The predicted molar refractivity (Wildman–Crippen MR) is 156 cm³/mol. The van der Waals surface area contributed by atoms with Gasteiger partial charge >= 0.3 is 6.09 Å². The second kappa shape index (κ2) is 11.5. The predicted octanol–water partition coefficient (Wildman–Crippen LogP) is 5.95. The number of amides is 2. The summed E-state index contributed by atoms with van der Waals surface area (Å²) in [6, 6.07) is 3.72. The van der Waals surface area contributed by atoms with E-state index in [0.717, 1.165) is 36.9 Å². The number of carbonyl (C=O) groups is 2. The van der Waals surface area contributed by atoms with Crippen molar-refractivity contribution in [1.29, 1.82) is 0 Å². The monoisotopic (exact) mass is 617 g/mol. The van der Waals surface area contributed by atoms with Crippen LogP contribution < -0.4 is 25.7 Å². The number of alkyl carbamates (subject to hydrolysis) is 1. The molecule has 0 radical (unpaired) electrons. The zero-order valence-corrected chi connectivity index (χ0v) is 26.0. The fraction of sp³-hybridized carbons (Fsp3) is 0.567. The quantitative estimate of drug-likeness (QED) is 0.368. The lowest BCUT2D eigenvalue weighted by Gasteiger charge is -2.33. The maximum atomic E-state index is 13.2. The van der Waals surface area contributed by atoms with Gasteiger partial charge in [-0.1, -0.05) is 0 Å². The number of hydrogen-bond donors (Lipinski definition) is 3. The molecule has 1 atom stereocenters. The third kappa shape index (κ3) is 7.00. The largest absolute Gasteiger partial charge is 0.448 e. The van der Waals surface area contributed by atoms with Crippen LogP contribution >= 0.6 is 15.9 Å². The van der Waals surface area contributed by atoms with Gasteiger partial charge in [0, 0.05) is 48.3 Å². The maximum Gasteiger partial charge on any atom is 0.407 e. The third-order valence-electron chi connectivity index (χ3n) is 7.47. The topological polar surface area (TPSA) is 119 Å². The SMILES string of the molecule is Cc1cc(C)c(CNC(=O)c2cc(Br)c3c(c2C)OC(C)(C[C@H]2CC[C@@H](NC(=O)OC(C)(C)C)CC2)O3)c(=O)[nH]1. The molecule has 1 saturated carbocycles. The normalized spacial score (nSPS) is 22.1. The average molecular weight is 619 g/mol. The van der Waals surface area contributed by atoms with E-state index >= 15 is 0 Å². The van der Waals surface area contributed by atoms with Gasteiger partial charge in [-0.3, -0.25) is 9.59 Å². The number of aromatic amines is 1. The standard InChI is InChI=1S/C30H40BrN3O6/c1-16-12-17(2)33-27(36)22(16)15-32-26(35)21-13-23(31)25-24(18(21)3)38-30(7,39-25)14-19-8-10-20(11-9-19)34-28(37)40-29(4,5)6/h12-13,19-20H,8-11,14-15H2,1-7H3,(H,32,35)(H,33,36)(H,34,37)/t19-,20+,30?. The summed E-state index contributed by atoms with van der Waals surface area (Å²) in [5, 5.41) is 5.86. The van der Waals surface area contributed by atoms with Crippen LogP contribution in [0.5, 0.6) is 11.5 Å². The average Bonchev–Trinajstić information content (AvgIpc) is 3.18. The van der Waals surface area contributed by atoms with Gasteiger partial charge in [-0.25, -0.2) is 4.79 Å². The van der Waals surface area contributed by atoms with Crippen LogP contribution in [-0.4, -0.2) is 34.4 Å². The summed E-state index contributed by atoms with van der Waals surface area (Å²) < 4.78 is 18.7. The number of aryl methyl sites for hydroxylation is 2. The van der Waals surface area contributed by atoms with Crippen LogP contribution in [0.2, 0.25) is 0 Å². The van der Waals surface area contributed by atoms with Gasteiger partial charge in [0.25, 0.3) is 11.5 Å². The van der Waals surface area contributed by atoms with Crippen molar-refractivity contribution in [2.75, 3.05) is 0 Å². The highest BCUT2D eigenvalue weighted by atomic mass is 79.9. The molecule has 3 N–H and O–H groups in total. The zero-order valence-electron chi connectivity index (χ0n) is 24.4. The molecule has 1 aliphatic heterocycles. The summed E-state index contributed by atoms with van der Waals surface area (Å²) in [6.45, 7) is 13.1. The number of hydrogen-bond acceptors (Lipinski definition) is 6. The number of carbonyl (C=O) groups excluding carboxylic acids is 2. The Kier molecular flexibility index (Phi) is 8.59. The van der Waals surface area contributed by atoms with Crippen molar-refractivity contribution in [2.24, 2.45) is 5.92 Å². The van der Waals surface area contributed by atoms with Gasteiger partial charge < -0.3 is 29.8 Å². The Balaban J connectivity index is 1.38. The smallest absolute Gasteiger partial charge is 0.407 e. The minimum atomic E-state index is -0.868. The first kappa shape index (κ1) is 30.0. The van der Waals surface area contributed by atoms with E-state index in [4.69, 9.17) is 14.2 Å². The number of halogens is 1. The number of rotatable bonds is 6. The first-order chi connectivity index (χ1) is 18.6. The molecule has 1 unspecified atom stereocenters. The fourth-order valence-corrected chi connectivity index (χ4v) is 6.06. The van der Waals surface area contributed by atoms with Gasteiger partial charge in [0.1, 0.15) is 5.60 Å². The van der Waals surface area contributed by atoms with E-state index in [9.17, 15) is 14.4 Å². The Bertz CT molecular complexity index is 1360. The van der Waals surface area contributed by atoms with Crippen molar-refractivity contribution < 1.29 is 23.8 Å². The number of H-pyrrole nitrogens is 1.